The van der Waals surface area contributed by atoms with E-state index in [1.54, 1.807) is 6.07 Å². The SMILES string of the molecule is Oc1cc(Cl)cc2cc3cc(Cl)ccc3cc12. The van der Waals surface area contributed by atoms with Crippen LogP contribution in [0.4, 0.5) is 0 Å². The minimum Gasteiger partial charge on any atom is -0.507 e. The Kier molecular flexibility index (Phi) is 2.39. The lowest BCUT2D eigenvalue weighted by atomic mass is 10.0. The number of phenolic OH excluding ortho intramolecular Hbond substituents is 1. The van der Waals surface area contributed by atoms with Crippen molar-refractivity contribution >= 4 is 44.7 Å². The van der Waals surface area contributed by atoms with Crippen molar-refractivity contribution in [2.45, 2.75) is 0 Å². The molecular formula is C14H8Cl2O. The molecule has 0 heterocycles. The molecule has 0 aliphatic carbocycles. The number of rotatable bonds is 0. The molecular weight excluding hydrogens is 255 g/mol. The number of fused-ring (bicyclic) bond motifs is 2. The maximum Gasteiger partial charge on any atom is 0.124 e. The van der Waals surface area contributed by atoms with Gasteiger partial charge in [0.15, 0.2) is 0 Å². The van der Waals surface area contributed by atoms with E-state index in [1.165, 1.54) is 0 Å². The number of halogens is 2. The van der Waals surface area contributed by atoms with Gasteiger partial charge in [0.05, 0.1) is 0 Å². The maximum atomic E-state index is 9.86. The third-order valence-electron chi connectivity index (χ3n) is 2.81. The van der Waals surface area contributed by atoms with Gasteiger partial charge in [-0.25, -0.2) is 0 Å². The molecule has 0 atom stereocenters. The third kappa shape index (κ3) is 1.82. The molecule has 3 aromatic rings. The first-order valence-corrected chi connectivity index (χ1v) is 5.90. The zero-order valence-corrected chi connectivity index (χ0v) is 10.3. The topological polar surface area (TPSA) is 20.2 Å². The van der Waals surface area contributed by atoms with Gasteiger partial charge in [-0.05, 0) is 52.6 Å². The van der Waals surface area contributed by atoms with Gasteiger partial charge in [-0.1, -0.05) is 29.3 Å². The van der Waals surface area contributed by atoms with Crippen LogP contribution < -0.4 is 0 Å². The van der Waals surface area contributed by atoms with Gasteiger partial charge < -0.3 is 5.11 Å². The molecule has 3 heteroatoms. The van der Waals surface area contributed by atoms with Crippen molar-refractivity contribution in [3.05, 3.63) is 52.5 Å². The number of phenols is 1. The zero-order chi connectivity index (χ0) is 12.0. The number of aromatic hydroxyl groups is 1. The summed E-state index contributed by atoms with van der Waals surface area (Å²) in [5.74, 6) is 0.198. The van der Waals surface area contributed by atoms with Gasteiger partial charge in [-0.2, -0.15) is 0 Å². The quantitative estimate of drug-likeness (QED) is 0.565. The van der Waals surface area contributed by atoms with Gasteiger partial charge in [0.25, 0.3) is 0 Å². The summed E-state index contributed by atoms with van der Waals surface area (Å²) in [7, 11) is 0. The van der Waals surface area contributed by atoms with Crippen LogP contribution in [0.2, 0.25) is 10.0 Å². The Morgan fingerprint density at radius 2 is 1.47 bits per heavy atom. The maximum absolute atomic E-state index is 9.86. The van der Waals surface area contributed by atoms with Crippen molar-refractivity contribution in [3.63, 3.8) is 0 Å². The summed E-state index contributed by atoms with van der Waals surface area (Å²) in [5, 5.41) is 14.9. The molecule has 0 aliphatic rings. The second-order valence-corrected chi connectivity index (χ2v) is 4.86. The van der Waals surface area contributed by atoms with Crippen LogP contribution in [0.3, 0.4) is 0 Å². The van der Waals surface area contributed by atoms with Crippen LogP contribution in [0.25, 0.3) is 21.5 Å². The molecule has 0 spiro atoms. The summed E-state index contributed by atoms with van der Waals surface area (Å²) in [6.45, 7) is 0. The Balaban J connectivity index is 2.47. The average Bonchev–Trinajstić information content (AvgIpc) is 2.26. The van der Waals surface area contributed by atoms with E-state index in [0.29, 0.717) is 10.0 Å². The monoisotopic (exact) mass is 262 g/mol. The Hall–Kier alpha value is -1.44. The molecule has 1 N–H and O–H groups in total. The smallest absolute Gasteiger partial charge is 0.124 e. The van der Waals surface area contributed by atoms with Crippen LogP contribution in [0.5, 0.6) is 5.75 Å². The molecule has 0 unspecified atom stereocenters. The van der Waals surface area contributed by atoms with Crippen LogP contribution in [-0.2, 0) is 0 Å². The molecule has 0 saturated carbocycles. The number of hydrogen-bond acceptors (Lipinski definition) is 1. The fourth-order valence-corrected chi connectivity index (χ4v) is 2.43. The summed E-state index contributed by atoms with van der Waals surface area (Å²) in [5.41, 5.74) is 0. The van der Waals surface area contributed by atoms with E-state index in [-0.39, 0.29) is 5.75 Å². The lowest BCUT2D eigenvalue weighted by molar-refractivity contribution is 0.482. The predicted molar refractivity (Wildman–Crippen MR) is 73.1 cm³/mol. The Morgan fingerprint density at radius 1 is 0.706 bits per heavy atom. The van der Waals surface area contributed by atoms with Gasteiger partial charge in [0.1, 0.15) is 5.75 Å². The minimum atomic E-state index is 0.198. The van der Waals surface area contributed by atoms with Crippen LogP contribution in [-0.4, -0.2) is 5.11 Å². The van der Waals surface area contributed by atoms with Gasteiger partial charge in [-0.15, -0.1) is 0 Å². The van der Waals surface area contributed by atoms with E-state index in [9.17, 15) is 5.11 Å². The van der Waals surface area contributed by atoms with Gasteiger partial charge >= 0.3 is 0 Å². The van der Waals surface area contributed by atoms with Gasteiger partial charge in [0.2, 0.25) is 0 Å². The molecule has 84 valence electrons. The fraction of sp³-hybridized carbons (Fsp3) is 0. The molecule has 17 heavy (non-hydrogen) atoms. The predicted octanol–water partition coefficient (Wildman–Crippen LogP) is 5.01. The van der Waals surface area contributed by atoms with E-state index in [4.69, 9.17) is 23.2 Å². The lowest BCUT2D eigenvalue weighted by Gasteiger charge is -2.05. The average molecular weight is 263 g/mol. The Labute approximate surface area is 108 Å². The lowest BCUT2D eigenvalue weighted by Crippen LogP contribution is -1.78. The Bertz CT molecular complexity index is 735. The molecule has 0 fully saturated rings. The van der Waals surface area contributed by atoms with E-state index >= 15 is 0 Å². The molecule has 0 aromatic heterocycles. The highest BCUT2D eigenvalue weighted by atomic mass is 35.5. The van der Waals surface area contributed by atoms with E-state index < -0.39 is 0 Å². The molecule has 3 rings (SSSR count). The highest BCUT2D eigenvalue weighted by Crippen LogP contribution is 2.33. The van der Waals surface area contributed by atoms with Crippen LogP contribution in [0.15, 0.2) is 42.5 Å². The van der Waals surface area contributed by atoms with Crippen LogP contribution >= 0.6 is 23.2 Å². The van der Waals surface area contributed by atoms with E-state index in [2.05, 4.69) is 0 Å². The van der Waals surface area contributed by atoms with Crippen molar-refractivity contribution in [3.8, 4) is 5.75 Å². The highest BCUT2D eigenvalue weighted by molar-refractivity contribution is 6.32. The molecule has 0 saturated heterocycles. The fourth-order valence-electron chi connectivity index (χ4n) is 2.03. The zero-order valence-electron chi connectivity index (χ0n) is 8.74. The normalized spacial score (nSPS) is 11.2. The minimum absolute atomic E-state index is 0.198. The van der Waals surface area contributed by atoms with Crippen molar-refractivity contribution in [2.75, 3.05) is 0 Å². The standard InChI is InChI=1S/C14H8Cl2O/c15-11-2-1-8-6-13-10(3-9(8)4-11)5-12(16)7-14(13)17/h1-7,17H. The van der Waals surface area contributed by atoms with Crippen molar-refractivity contribution in [2.24, 2.45) is 0 Å². The van der Waals surface area contributed by atoms with Crippen LogP contribution in [0, 0.1) is 0 Å². The molecule has 0 aliphatic heterocycles. The first kappa shape index (κ1) is 10.7. The molecule has 0 radical (unpaired) electrons. The molecule has 0 bridgehead atoms. The third-order valence-corrected chi connectivity index (χ3v) is 3.27. The second-order valence-electron chi connectivity index (χ2n) is 3.99. The van der Waals surface area contributed by atoms with E-state index in [0.717, 1.165) is 21.5 Å². The second kappa shape index (κ2) is 3.80. The molecule has 0 amide bonds. The van der Waals surface area contributed by atoms with Crippen LogP contribution in [0.1, 0.15) is 0 Å². The van der Waals surface area contributed by atoms with Gasteiger partial charge in [0, 0.05) is 15.4 Å². The first-order valence-electron chi connectivity index (χ1n) is 5.15. The summed E-state index contributed by atoms with van der Waals surface area (Å²) in [6.07, 6.45) is 0. The summed E-state index contributed by atoms with van der Waals surface area (Å²) < 4.78 is 0. The summed E-state index contributed by atoms with van der Waals surface area (Å²) in [4.78, 5) is 0. The van der Waals surface area contributed by atoms with Crippen molar-refractivity contribution < 1.29 is 5.11 Å². The largest absolute Gasteiger partial charge is 0.507 e. The molecule has 1 nitrogen and oxygen atoms in total. The Morgan fingerprint density at radius 3 is 2.29 bits per heavy atom. The number of hydrogen-bond donors (Lipinski definition) is 1. The van der Waals surface area contributed by atoms with Crippen molar-refractivity contribution in [1.82, 2.24) is 0 Å². The summed E-state index contributed by atoms with van der Waals surface area (Å²) in [6, 6.07) is 13.0. The molecule has 3 aromatic carbocycles. The van der Waals surface area contributed by atoms with E-state index in [1.807, 2.05) is 36.4 Å². The van der Waals surface area contributed by atoms with Crippen molar-refractivity contribution in [1.29, 1.82) is 0 Å². The van der Waals surface area contributed by atoms with Gasteiger partial charge in [-0.3, -0.25) is 0 Å². The number of benzene rings is 3. The highest BCUT2D eigenvalue weighted by Gasteiger charge is 2.04. The first-order chi connectivity index (χ1) is 8.13. The summed E-state index contributed by atoms with van der Waals surface area (Å²) >= 11 is 11.9.